The van der Waals surface area contributed by atoms with Crippen molar-refractivity contribution >= 4 is 11.8 Å². The van der Waals surface area contributed by atoms with Crippen molar-refractivity contribution < 1.29 is 9.63 Å². The molecule has 1 aromatic rings. The minimum atomic E-state index is -0.449. The molecule has 1 aromatic heterocycles. The van der Waals surface area contributed by atoms with Crippen molar-refractivity contribution in [3.05, 3.63) is 23.9 Å². The molecule has 0 unspecified atom stereocenters. The minimum absolute atomic E-state index is 0.157. The van der Waals surface area contributed by atoms with Crippen molar-refractivity contribution in [1.29, 1.82) is 0 Å². The number of hydrogen-bond donors (Lipinski definition) is 1. The molecule has 122 valence electrons. The van der Waals surface area contributed by atoms with E-state index in [4.69, 9.17) is 10.6 Å². The third kappa shape index (κ3) is 4.98. The number of rotatable bonds is 4. The van der Waals surface area contributed by atoms with E-state index in [1.165, 1.54) is 0 Å². The lowest BCUT2D eigenvalue weighted by atomic mass is 9.92. The molecule has 5 heteroatoms. The first-order chi connectivity index (χ1) is 10.3. The standard InChI is InChI=1S/C17H27N3O2/c1-17(2,3)16(21)22-20-11-9-13(10-12-20)7-8-14-5-4-6-15(18)19-14/h4-6,13H,7-12H2,1-3H3,(H2,18,19). The number of nitrogens with zero attached hydrogens (tertiary/aromatic N) is 2. The fraction of sp³-hybridized carbons (Fsp3) is 0.647. The fourth-order valence-electron chi connectivity index (χ4n) is 2.53. The summed E-state index contributed by atoms with van der Waals surface area (Å²) in [5, 5.41) is 1.81. The Hall–Kier alpha value is -1.62. The van der Waals surface area contributed by atoms with E-state index in [0.29, 0.717) is 11.7 Å². The second-order valence-electron chi connectivity index (χ2n) is 7.09. The summed E-state index contributed by atoms with van der Waals surface area (Å²) in [6, 6.07) is 5.79. The van der Waals surface area contributed by atoms with Crippen LogP contribution in [0.15, 0.2) is 18.2 Å². The summed E-state index contributed by atoms with van der Waals surface area (Å²) < 4.78 is 0. The van der Waals surface area contributed by atoms with Gasteiger partial charge in [-0.25, -0.2) is 9.78 Å². The van der Waals surface area contributed by atoms with Crippen LogP contribution in [0.2, 0.25) is 0 Å². The molecule has 0 amide bonds. The second kappa shape index (κ2) is 7.09. The number of nitrogen functional groups attached to an aromatic ring is 1. The van der Waals surface area contributed by atoms with E-state index in [2.05, 4.69) is 4.98 Å². The Morgan fingerprint density at radius 3 is 2.64 bits per heavy atom. The van der Waals surface area contributed by atoms with Crippen molar-refractivity contribution in [3.63, 3.8) is 0 Å². The number of pyridine rings is 1. The highest BCUT2D eigenvalue weighted by molar-refractivity contribution is 5.75. The first-order valence-electron chi connectivity index (χ1n) is 8.03. The monoisotopic (exact) mass is 305 g/mol. The van der Waals surface area contributed by atoms with Crippen molar-refractivity contribution in [3.8, 4) is 0 Å². The van der Waals surface area contributed by atoms with Gasteiger partial charge in [0.15, 0.2) is 0 Å². The number of carbonyl (C=O) groups is 1. The Balaban J connectivity index is 1.72. The molecule has 1 fully saturated rings. The van der Waals surface area contributed by atoms with E-state index in [9.17, 15) is 4.79 Å². The zero-order valence-corrected chi connectivity index (χ0v) is 13.8. The van der Waals surface area contributed by atoms with Crippen LogP contribution in [-0.4, -0.2) is 29.1 Å². The molecule has 0 radical (unpaired) electrons. The van der Waals surface area contributed by atoms with Crippen LogP contribution < -0.4 is 5.73 Å². The summed E-state index contributed by atoms with van der Waals surface area (Å²) in [5.41, 5.74) is 6.31. The van der Waals surface area contributed by atoms with Crippen LogP contribution >= 0.6 is 0 Å². The zero-order chi connectivity index (χ0) is 16.2. The van der Waals surface area contributed by atoms with Crippen LogP contribution in [0.5, 0.6) is 0 Å². The molecule has 0 aliphatic carbocycles. The Morgan fingerprint density at radius 2 is 2.05 bits per heavy atom. The van der Waals surface area contributed by atoms with E-state index in [1.807, 2.05) is 44.0 Å². The topological polar surface area (TPSA) is 68.5 Å². The average molecular weight is 305 g/mol. The van der Waals surface area contributed by atoms with E-state index >= 15 is 0 Å². The predicted molar refractivity (Wildman–Crippen MR) is 86.8 cm³/mol. The van der Waals surface area contributed by atoms with Crippen LogP contribution in [0.4, 0.5) is 5.82 Å². The number of hydrogen-bond acceptors (Lipinski definition) is 5. The van der Waals surface area contributed by atoms with Crippen molar-refractivity contribution in [2.45, 2.75) is 46.5 Å². The normalized spacial score (nSPS) is 17.4. The highest BCUT2D eigenvalue weighted by atomic mass is 16.7. The first kappa shape index (κ1) is 16.7. The SMILES string of the molecule is CC(C)(C)C(=O)ON1CCC(CCc2cccc(N)n2)CC1. The van der Waals surface area contributed by atoms with Crippen LogP contribution in [0.1, 0.15) is 45.7 Å². The van der Waals surface area contributed by atoms with Gasteiger partial charge in [-0.15, -0.1) is 5.06 Å². The lowest BCUT2D eigenvalue weighted by Crippen LogP contribution is -2.38. The van der Waals surface area contributed by atoms with Crippen LogP contribution in [0, 0.1) is 11.3 Å². The molecule has 2 N–H and O–H groups in total. The molecule has 5 nitrogen and oxygen atoms in total. The van der Waals surface area contributed by atoms with Gasteiger partial charge in [-0.1, -0.05) is 6.07 Å². The maximum absolute atomic E-state index is 11.9. The Kier molecular flexibility index (Phi) is 5.40. The smallest absolute Gasteiger partial charge is 0.330 e. The molecule has 22 heavy (non-hydrogen) atoms. The number of aromatic nitrogens is 1. The maximum atomic E-state index is 11.9. The molecule has 1 aliphatic rings. The average Bonchev–Trinajstić information content (AvgIpc) is 2.45. The van der Waals surface area contributed by atoms with Gasteiger partial charge in [0.05, 0.1) is 5.41 Å². The van der Waals surface area contributed by atoms with Gasteiger partial charge < -0.3 is 10.6 Å². The summed E-state index contributed by atoms with van der Waals surface area (Å²) in [5.74, 6) is 1.09. The van der Waals surface area contributed by atoms with E-state index < -0.39 is 5.41 Å². The van der Waals surface area contributed by atoms with Gasteiger partial charge in [-0.05, 0) is 64.5 Å². The summed E-state index contributed by atoms with van der Waals surface area (Å²) in [4.78, 5) is 21.7. The Bertz CT molecular complexity index is 503. The molecule has 2 heterocycles. The van der Waals surface area contributed by atoms with Gasteiger partial charge in [-0.2, -0.15) is 0 Å². The van der Waals surface area contributed by atoms with Gasteiger partial charge in [0.25, 0.3) is 0 Å². The number of anilines is 1. The van der Waals surface area contributed by atoms with Crippen LogP contribution in [0.3, 0.4) is 0 Å². The lowest BCUT2D eigenvalue weighted by Gasteiger charge is -2.32. The van der Waals surface area contributed by atoms with Crippen LogP contribution in [0.25, 0.3) is 0 Å². The minimum Gasteiger partial charge on any atom is -0.384 e. The van der Waals surface area contributed by atoms with Gasteiger partial charge in [0.2, 0.25) is 0 Å². The van der Waals surface area contributed by atoms with E-state index in [1.54, 1.807) is 0 Å². The van der Waals surface area contributed by atoms with Crippen molar-refractivity contribution in [1.82, 2.24) is 10.0 Å². The summed E-state index contributed by atoms with van der Waals surface area (Å²) in [6.07, 6.45) is 4.18. The molecular weight excluding hydrogens is 278 g/mol. The molecule has 1 saturated heterocycles. The first-order valence-corrected chi connectivity index (χ1v) is 8.03. The van der Waals surface area contributed by atoms with E-state index in [-0.39, 0.29) is 5.97 Å². The van der Waals surface area contributed by atoms with Gasteiger partial charge in [-0.3, -0.25) is 0 Å². The fourth-order valence-corrected chi connectivity index (χ4v) is 2.53. The highest BCUT2D eigenvalue weighted by Crippen LogP contribution is 2.24. The molecule has 0 aromatic carbocycles. The number of aryl methyl sites for hydroxylation is 1. The van der Waals surface area contributed by atoms with Crippen molar-refractivity contribution in [2.75, 3.05) is 18.8 Å². The number of carbonyl (C=O) groups excluding carboxylic acids is 1. The quantitative estimate of drug-likeness (QED) is 0.926. The van der Waals surface area contributed by atoms with Gasteiger partial charge in [0.1, 0.15) is 5.82 Å². The third-order valence-corrected chi connectivity index (χ3v) is 4.03. The lowest BCUT2D eigenvalue weighted by molar-refractivity contribution is -0.206. The van der Waals surface area contributed by atoms with E-state index in [0.717, 1.165) is 44.5 Å². The Labute approximate surface area is 132 Å². The number of nitrogens with two attached hydrogens (primary N) is 1. The zero-order valence-electron chi connectivity index (χ0n) is 13.8. The van der Waals surface area contributed by atoms with Gasteiger partial charge in [0, 0.05) is 18.8 Å². The second-order valence-corrected chi connectivity index (χ2v) is 7.09. The Morgan fingerprint density at radius 1 is 1.36 bits per heavy atom. The molecule has 2 rings (SSSR count). The largest absolute Gasteiger partial charge is 0.384 e. The third-order valence-electron chi connectivity index (χ3n) is 4.03. The molecule has 0 spiro atoms. The van der Waals surface area contributed by atoms with Gasteiger partial charge >= 0.3 is 5.97 Å². The molecular formula is C17H27N3O2. The summed E-state index contributed by atoms with van der Waals surface area (Å²) in [6.45, 7) is 7.26. The molecule has 0 saturated carbocycles. The summed E-state index contributed by atoms with van der Waals surface area (Å²) >= 11 is 0. The predicted octanol–water partition coefficient (Wildman–Crippen LogP) is 2.81. The summed E-state index contributed by atoms with van der Waals surface area (Å²) in [7, 11) is 0. The molecule has 0 bridgehead atoms. The number of piperidine rings is 1. The van der Waals surface area contributed by atoms with Crippen molar-refractivity contribution in [2.24, 2.45) is 11.3 Å². The highest BCUT2D eigenvalue weighted by Gasteiger charge is 2.28. The molecule has 0 atom stereocenters. The van der Waals surface area contributed by atoms with Crippen LogP contribution in [-0.2, 0) is 16.1 Å². The number of hydroxylamine groups is 2. The maximum Gasteiger partial charge on any atom is 0.330 e. The molecule has 1 aliphatic heterocycles.